The van der Waals surface area contributed by atoms with Gasteiger partial charge in [0.25, 0.3) is 0 Å². The number of benzene rings is 1. The number of fused-ring (bicyclic) bond motifs is 1. The van der Waals surface area contributed by atoms with Crippen LogP contribution in [0, 0.1) is 0 Å². The van der Waals surface area contributed by atoms with Crippen LogP contribution in [0.5, 0.6) is 5.75 Å². The van der Waals surface area contributed by atoms with Gasteiger partial charge in [-0.25, -0.2) is 9.97 Å². The van der Waals surface area contributed by atoms with Gasteiger partial charge in [0.1, 0.15) is 11.6 Å². The second-order valence-corrected chi connectivity index (χ2v) is 8.46. The van der Waals surface area contributed by atoms with Gasteiger partial charge in [-0.1, -0.05) is 18.6 Å². The van der Waals surface area contributed by atoms with Crippen molar-refractivity contribution in [2.45, 2.75) is 64.8 Å². The molecule has 0 unspecified atom stereocenters. The summed E-state index contributed by atoms with van der Waals surface area (Å²) >= 11 is 0. The fourth-order valence-corrected chi connectivity index (χ4v) is 4.29. The van der Waals surface area contributed by atoms with E-state index in [0.717, 1.165) is 44.2 Å². The summed E-state index contributed by atoms with van der Waals surface area (Å²) < 4.78 is 5.74. The standard InChI is InChI=1S/C23H32N4O/c1-17(2)28-20-9-7-18(8-10-20)15-27-13-11-21-19(16-27)14-24-23(25-21)22-6-4-5-12-26(22)3/h7-10,14,17,22H,4-6,11-13,15-16H2,1-3H3/t22-/m0/s1. The molecule has 0 bridgehead atoms. The van der Waals surface area contributed by atoms with Gasteiger partial charge in [-0.2, -0.15) is 0 Å². The molecule has 4 rings (SSSR count). The number of aromatic nitrogens is 2. The quantitative estimate of drug-likeness (QED) is 0.785. The minimum Gasteiger partial charge on any atom is -0.491 e. The van der Waals surface area contributed by atoms with Gasteiger partial charge >= 0.3 is 0 Å². The maximum Gasteiger partial charge on any atom is 0.145 e. The van der Waals surface area contributed by atoms with E-state index < -0.39 is 0 Å². The van der Waals surface area contributed by atoms with E-state index in [1.54, 1.807) is 0 Å². The summed E-state index contributed by atoms with van der Waals surface area (Å²) in [5, 5.41) is 0. The summed E-state index contributed by atoms with van der Waals surface area (Å²) in [4.78, 5) is 14.6. The Labute approximate surface area is 168 Å². The van der Waals surface area contributed by atoms with Crippen molar-refractivity contribution >= 4 is 0 Å². The molecule has 0 saturated carbocycles. The first-order valence-corrected chi connectivity index (χ1v) is 10.6. The van der Waals surface area contributed by atoms with E-state index in [1.165, 1.54) is 36.1 Å². The average molecular weight is 381 g/mol. The van der Waals surface area contributed by atoms with Gasteiger partial charge in [0.2, 0.25) is 0 Å². The molecular formula is C23H32N4O. The molecule has 0 spiro atoms. The first-order chi connectivity index (χ1) is 13.6. The van der Waals surface area contributed by atoms with E-state index in [2.05, 4.69) is 61.2 Å². The first-order valence-electron chi connectivity index (χ1n) is 10.6. The Bertz CT molecular complexity index is 790. The fraction of sp³-hybridized carbons (Fsp3) is 0.565. The topological polar surface area (TPSA) is 41.5 Å². The summed E-state index contributed by atoms with van der Waals surface area (Å²) in [6, 6.07) is 8.88. The molecule has 2 aliphatic heterocycles. The molecule has 0 aliphatic carbocycles. The van der Waals surface area contributed by atoms with Gasteiger partial charge in [-0.3, -0.25) is 9.80 Å². The normalized spacial score (nSPS) is 20.9. The Morgan fingerprint density at radius 1 is 1.14 bits per heavy atom. The number of nitrogens with zero attached hydrogens (tertiary/aromatic N) is 4. The number of likely N-dealkylation sites (tertiary alicyclic amines) is 1. The largest absolute Gasteiger partial charge is 0.491 e. The predicted octanol–water partition coefficient (Wildman–Crippen LogP) is 3.98. The highest BCUT2D eigenvalue weighted by atomic mass is 16.5. The maximum atomic E-state index is 5.74. The lowest BCUT2D eigenvalue weighted by atomic mass is 10.0. The Morgan fingerprint density at radius 2 is 1.96 bits per heavy atom. The van der Waals surface area contributed by atoms with E-state index >= 15 is 0 Å². The van der Waals surface area contributed by atoms with Crippen LogP contribution in [0.1, 0.15) is 61.8 Å². The lowest BCUT2D eigenvalue weighted by Gasteiger charge is -2.32. The van der Waals surface area contributed by atoms with Crippen molar-refractivity contribution in [3.63, 3.8) is 0 Å². The molecule has 1 atom stereocenters. The Morgan fingerprint density at radius 3 is 2.71 bits per heavy atom. The molecule has 5 heteroatoms. The van der Waals surface area contributed by atoms with Gasteiger partial charge in [0.05, 0.1) is 12.1 Å². The lowest BCUT2D eigenvalue weighted by Crippen LogP contribution is -2.33. The second-order valence-electron chi connectivity index (χ2n) is 8.46. The molecule has 5 nitrogen and oxygen atoms in total. The molecule has 3 heterocycles. The zero-order valence-electron chi connectivity index (χ0n) is 17.4. The third-order valence-electron chi connectivity index (χ3n) is 5.80. The highest BCUT2D eigenvalue weighted by Gasteiger charge is 2.25. The zero-order chi connectivity index (χ0) is 19.5. The molecule has 1 saturated heterocycles. The van der Waals surface area contributed by atoms with Crippen molar-refractivity contribution in [1.82, 2.24) is 19.8 Å². The molecule has 2 aromatic rings. The average Bonchev–Trinajstić information content (AvgIpc) is 2.69. The number of hydrogen-bond acceptors (Lipinski definition) is 5. The summed E-state index contributed by atoms with van der Waals surface area (Å²) in [7, 11) is 2.20. The van der Waals surface area contributed by atoms with Crippen LogP contribution in [0.4, 0.5) is 0 Å². The molecule has 0 N–H and O–H groups in total. The van der Waals surface area contributed by atoms with Crippen molar-refractivity contribution in [1.29, 1.82) is 0 Å². The van der Waals surface area contributed by atoms with E-state index in [-0.39, 0.29) is 6.10 Å². The van der Waals surface area contributed by atoms with Gasteiger partial charge in [-0.05, 0) is 58.0 Å². The summed E-state index contributed by atoms with van der Waals surface area (Å²) in [6.07, 6.45) is 7.05. The van der Waals surface area contributed by atoms with Crippen molar-refractivity contribution < 1.29 is 4.74 Å². The molecule has 28 heavy (non-hydrogen) atoms. The minimum atomic E-state index is 0.211. The van der Waals surface area contributed by atoms with Crippen molar-refractivity contribution in [3.8, 4) is 5.75 Å². The predicted molar refractivity (Wildman–Crippen MR) is 111 cm³/mol. The van der Waals surface area contributed by atoms with Crippen molar-refractivity contribution in [2.75, 3.05) is 20.1 Å². The fourth-order valence-electron chi connectivity index (χ4n) is 4.29. The van der Waals surface area contributed by atoms with Crippen molar-refractivity contribution in [3.05, 3.63) is 53.1 Å². The summed E-state index contributed by atoms with van der Waals surface area (Å²) in [5.74, 6) is 1.96. The smallest absolute Gasteiger partial charge is 0.145 e. The minimum absolute atomic E-state index is 0.211. The van der Waals surface area contributed by atoms with Crippen LogP contribution in [0.25, 0.3) is 0 Å². The Kier molecular flexibility index (Phi) is 5.93. The molecular weight excluding hydrogens is 348 g/mol. The number of piperidine rings is 1. The van der Waals surface area contributed by atoms with Crippen LogP contribution in [-0.2, 0) is 19.5 Å². The molecule has 1 aromatic heterocycles. The molecule has 0 amide bonds. The van der Waals surface area contributed by atoms with Gasteiger partial charge in [0.15, 0.2) is 0 Å². The Hall–Kier alpha value is -1.98. The van der Waals surface area contributed by atoms with Crippen LogP contribution in [0.3, 0.4) is 0 Å². The summed E-state index contributed by atoms with van der Waals surface area (Å²) in [5.41, 5.74) is 3.86. The highest BCUT2D eigenvalue weighted by molar-refractivity contribution is 5.28. The summed E-state index contributed by atoms with van der Waals surface area (Å²) in [6.45, 7) is 8.20. The first kappa shape index (κ1) is 19.3. The number of ether oxygens (including phenoxy) is 1. The van der Waals surface area contributed by atoms with Crippen LogP contribution < -0.4 is 4.74 Å². The van der Waals surface area contributed by atoms with Gasteiger partial charge in [-0.15, -0.1) is 0 Å². The molecule has 0 radical (unpaired) electrons. The van der Waals surface area contributed by atoms with Gasteiger partial charge < -0.3 is 4.74 Å². The van der Waals surface area contributed by atoms with Crippen LogP contribution in [0.2, 0.25) is 0 Å². The molecule has 2 aliphatic rings. The van der Waals surface area contributed by atoms with E-state index in [9.17, 15) is 0 Å². The second kappa shape index (κ2) is 8.58. The molecule has 150 valence electrons. The SMILES string of the molecule is CC(C)Oc1ccc(CN2CCc3nc([C@@H]4CCCCN4C)ncc3C2)cc1. The van der Waals surface area contributed by atoms with Crippen molar-refractivity contribution in [2.24, 2.45) is 0 Å². The third-order valence-corrected chi connectivity index (χ3v) is 5.80. The number of hydrogen-bond donors (Lipinski definition) is 0. The highest BCUT2D eigenvalue weighted by Crippen LogP contribution is 2.28. The number of rotatable bonds is 5. The monoisotopic (exact) mass is 380 g/mol. The van der Waals surface area contributed by atoms with Crippen LogP contribution >= 0.6 is 0 Å². The van der Waals surface area contributed by atoms with E-state index in [4.69, 9.17) is 14.7 Å². The van der Waals surface area contributed by atoms with Gasteiger partial charge in [0, 0.05) is 43.5 Å². The Balaban J connectivity index is 1.39. The lowest BCUT2D eigenvalue weighted by molar-refractivity contribution is 0.178. The molecule has 1 aromatic carbocycles. The van der Waals surface area contributed by atoms with E-state index in [1.807, 2.05) is 0 Å². The van der Waals surface area contributed by atoms with E-state index in [0.29, 0.717) is 6.04 Å². The zero-order valence-corrected chi connectivity index (χ0v) is 17.4. The maximum absolute atomic E-state index is 5.74. The van der Waals surface area contributed by atoms with Crippen LogP contribution in [0.15, 0.2) is 30.5 Å². The molecule has 1 fully saturated rings. The van der Waals surface area contributed by atoms with Crippen LogP contribution in [-0.4, -0.2) is 46.0 Å². The third kappa shape index (κ3) is 4.53.